The molecule has 0 saturated carbocycles. The molecular formula is C48H44N2. The maximum absolute atomic E-state index is 2.43. The first-order valence-corrected chi connectivity index (χ1v) is 17.9. The van der Waals surface area contributed by atoms with E-state index in [2.05, 4.69) is 197 Å². The lowest BCUT2D eigenvalue weighted by Crippen LogP contribution is -2.12. The minimum atomic E-state index is 0.478. The Balaban J connectivity index is 1.38. The second kappa shape index (κ2) is 12.7. The summed E-state index contributed by atoms with van der Waals surface area (Å²) in [5, 5.41) is 7.58. The molecule has 0 amide bonds. The van der Waals surface area contributed by atoms with Crippen LogP contribution in [-0.2, 0) is 0 Å². The van der Waals surface area contributed by atoms with Crippen LogP contribution in [0.2, 0.25) is 0 Å². The summed E-state index contributed by atoms with van der Waals surface area (Å²) in [5.74, 6) is 0.957. The quantitative estimate of drug-likeness (QED) is 0.151. The highest BCUT2D eigenvalue weighted by Crippen LogP contribution is 2.48. The smallest absolute Gasteiger partial charge is 0.0546 e. The van der Waals surface area contributed by atoms with E-state index in [0.717, 1.165) is 22.7 Å². The molecule has 0 spiro atoms. The summed E-state index contributed by atoms with van der Waals surface area (Å²) in [4.78, 5) is 4.86. The largest absolute Gasteiger partial charge is 0.310 e. The van der Waals surface area contributed by atoms with Crippen LogP contribution < -0.4 is 9.80 Å². The Labute approximate surface area is 296 Å². The van der Waals surface area contributed by atoms with E-state index in [1.165, 1.54) is 65.9 Å². The molecule has 0 saturated heterocycles. The second-order valence-corrected chi connectivity index (χ2v) is 14.4. The minimum Gasteiger partial charge on any atom is -0.310 e. The van der Waals surface area contributed by atoms with Crippen LogP contribution in [0.4, 0.5) is 34.1 Å². The van der Waals surface area contributed by atoms with Gasteiger partial charge in [-0.3, -0.25) is 0 Å². The lowest BCUT2D eigenvalue weighted by Gasteiger charge is -2.30. The van der Waals surface area contributed by atoms with Crippen molar-refractivity contribution in [1.82, 2.24) is 0 Å². The summed E-state index contributed by atoms with van der Waals surface area (Å²) in [5.41, 5.74) is 12.2. The van der Waals surface area contributed by atoms with Crippen molar-refractivity contribution in [3.8, 4) is 0 Å². The van der Waals surface area contributed by atoms with Crippen molar-refractivity contribution in [2.45, 2.75) is 53.4 Å². The Morgan fingerprint density at radius 2 is 0.800 bits per heavy atom. The highest BCUT2D eigenvalue weighted by atomic mass is 15.1. The molecule has 0 unspecified atom stereocenters. The van der Waals surface area contributed by atoms with Crippen molar-refractivity contribution in [2.24, 2.45) is 0 Å². The molecule has 2 heteroatoms. The normalized spacial score (nSPS) is 11.8. The molecule has 8 aromatic carbocycles. The third-order valence-electron chi connectivity index (χ3n) is 10.3. The maximum Gasteiger partial charge on any atom is 0.0546 e. The molecule has 0 heterocycles. The van der Waals surface area contributed by atoms with Crippen LogP contribution in [0.25, 0.3) is 32.3 Å². The molecule has 8 aromatic rings. The fourth-order valence-corrected chi connectivity index (χ4v) is 7.43. The van der Waals surface area contributed by atoms with Gasteiger partial charge < -0.3 is 9.80 Å². The van der Waals surface area contributed by atoms with E-state index in [9.17, 15) is 0 Å². The van der Waals surface area contributed by atoms with E-state index in [4.69, 9.17) is 0 Å². The number of benzene rings is 8. The molecule has 0 bridgehead atoms. The van der Waals surface area contributed by atoms with Crippen LogP contribution in [0, 0.1) is 13.8 Å². The Hall–Kier alpha value is -5.60. The van der Waals surface area contributed by atoms with Gasteiger partial charge in [0, 0.05) is 33.5 Å². The Bertz CT molecular complexity index is 2410. The topological polar surface area (TPSA) is 6.48 Å². The first-order chi connectivity index (χ1) is 24.3. The predicted octanol–water partition coefficient (Wildman–Crippen LogP) is 14.4. The van der Waals surface area contributed by atoms with Crippen molar-refractivity contribution in [3.05, 3.63) is 168 Å². The molecule has 0 aliphatic rings. The summed E-state index contributed by atoms with van der Waals surface area (Å²) in [6.07, 6.45) is 0. The summed E-state index contributed by atoms with van der Waals surface area (Å²) in [6.45, 7) is 13.3. The Kier molecular flexibility index (Phi) is 8.04. The van der Waals surface area contributed by atoms with Crippen LogP contribution in [0.15, 0.2) is 146 Å². The number of aryl methyl sites for hydroxylation is 2. The van der Waals surface area contributed by atoms with Gasteiger partial charge in [0.1, 0.15) is 0 Å². The van der Waals surface area contributed by atoms with E-state index in [-0.39, 0.29) is 0 Å². The number of hydrogen-bond acceptors (Lipinski definition) is 2. The highest BCUT2D eigenvalue weighted by molar-refractivity contribution is 6.29. The van der Waals surface area contributed by atoms with Gasteiger partial charge in [-0.25, -0.2) is 0 Å². The maximum atomic E-state index is 2.43. The van der Waals surface area contributed by atoms with Gasteiger partial charge in [0.2, 0.25) is 0 Å². The van der Waals surface area contributed by atoms with Crippen molar-refractivity contribution in [3.63, 3.8) is 0 Å². The van der Waals surface area contributed by atoms with E-state index < -0.39 is 0 Å². The van der Waals surface area contributed by atoms with Crippen molar-refractivity contribution in [1.29, 1.82) is 0 Å². The zero-order valence-electron chi connectivity index (χ0n) is 29.9. The van der Waals surface area contributed by atoms with Gasteiger partial charge in [0.05, 0.1) is 11.4 Å². The molecule has 0 aromatic heterocycles. The van der Waals surface area contributed by atoms with Crippen molar-refractivity contribution in [2.75, 3.05) is 9.80 Å². The van der Waals surface area contributed by atoms with Crippen LogP contribution in [0.1, 0.15) is 61.8 Å². The third kappa shape index (κ3) is 5.55. The fourth-order valence-electron chi connectivity index (χ4n) is 7.43. The molecule has 0 aliphatic carbocycles. The van der Waals surface area contributed by atoms with Crippen molar-refractivity contribution < 1.29 is 0 Å². The average molecular weight is 649 g/mol. The molecule has 50 heavy (non-hydrogen) atoms. The average Bonchev–Trinajstić information content (AvgIpc) is 3.13. The Morgan fingerprint density at radius 1 is 0.380 bits per heavy atom. The van der Waals surface area contributed by atoms with Gasteiger partial charge in [-0.05, 0) is 119 Å². The van der Waals surface area contributed by atoms with Gasteiger partial charge in [-0.1, -0.05) is 124 Å². The van der Waals surface area contributed by atoms with E-state index in [0.29, 0.717) is 11.8 Å². The van der Waals surface area contributed by atoms with E-state index in [1.807, 2.05) is 0 Å². The predicted molar refractivity (Wildman–Crippen MR) is 217 cm³/mol. The van der Waals surface area contributed by atoms with Gasteiger partial charge in [0.15, 0.2) is 0 Å². The zero-order chi connectivity index (χ0) is 34.5. The summed E-state index contributed by atoms with van der Waals surface area (Å²) < 4.78 is 0. The molecular weight excluding hydrogens is 605 g/mol. The van der Waals surface area contributed by atoms with Gasteiger partial charge in [-0.2, -0.15) is 0 Å². The van der Waals surface area contributed by atoms with E-state index in [1.54, 1.807) is 0 Å². The van der Waals surface area contributed by atoms with Crippen molar-refractivity contribution >= 4 is 66.4 Å². The summed E-state index contributed by atoms with van der Waals surface area (Å²) in [6, 6.07) is 54.5. The number of rotatable bonds is 8. The van der Waals surface area contributed by atoms with Crippen LogP contribution >= 0.6 is 0 Å². The van der Waals surface area contributed by atoms with Gasteiger partial charge >= 0.3 is 0 Å². The highest BCUT2D eigenvalue weighted by Gasteiger charge is 2.22. The SMILES string of the molecule is Cc1ccc(N(c2ccc(C(C)C)cc2)c2cc3ccc(N(c4ccc(C)cc4)c4ccc(C(C)C)cc4)c4ccc5cccc2c5c34)cc1. The van der Waals surface area contributed by atoms with Crippen LogP contribution in [0.5, 0.6) is 0 Å². The van der Waals surface area contributed by atoms with Crippen LogP contribution in [0.3, 0.4) is 0 Å². The minimum absolute atomic E-state index is 0.478. The second-order valence-electron chi connectivity index (χ2n) is 14.4. The molecule has 0 fully saturated rings. The number of anilines is 6. The molecule has 8 rings (SSSR count). The molecule has 0 radical (unpaired) electrons. The lowest BCUT2D eigenvalue weighted by atomic mass is 9.91. The summed E-state index contributed by atoms with van der Waals surface area (Å²) in [7, 11) is 0. The number of hydrogen-bond donors (Lipinski definition) is 0. The molecule has 0 atom stereocenters. The molecule has 246 valence electrons. The standard InChI is InChI=1S/C48H44N2/c1-31(2)35-14-24-41(25-15-35)49(39-20-10-33(5)11-21-39)45-29-19-38-30-46(43-9-7-8-37-18-28-44(45)48(38)47(37)43)50(40-22-12-34(6)13-23-40)42-26-16-36(17-27-42)32(3)4/h7-32H,1-6H3. The Morgan fingerprint density at radius 3 is 1.30 bits per heavy atom. The molecule has 0 aliphatic heterocycles. The fraction of sp³-hybridized carbons (Fsp3) is 0.167. The lowest BCUT2D eigenvalue weighted by molar-refractivity contribution is 0.866. The number of nitrogens with zero attached hydrogens (tertiary/aromatic N) is 2. The molecule has 2 nitrogen and oxygen atoms in total. The van der Waals surface area contributed by atoms with Crippen LogP contribution in [-0.4, -0.2) is 0 Å². The zero-order valence-corrected chi connectivity index (χ0v) is 29.9. The van der Waals surface area contributed by atoms with E-state index >= 15 is 0 Å². The first kappa shape index (κ1) is 31.7. The third-order valence-corrected chi connectivity index (χ3v) is 10.3. The van der Waals surface area contributed by atoms with Gasteiger partial charge in [-0.15, -0.1) is 0 Å². The first-order valence-electron chi connectivity index (χ1n) is 17.9. The monoisotopic (exact) mass is 648 g/mol. The molecule has 0 N–H and O–H groups in total. The summed E-state index contributed by atoms with van der Waals surface area (Å²) >= 11 is 0. The van der Waals surface area contributed by atoms with Gasteiger partial charge in [0.25, 0.3) is 0 Å².